The minimum absolute atomic E-state index is 0.0114. The number of allylic oxidation sites excluding steroid dienone is 2. The monoisotopic (exact) mass is 539 g/mol. The molecule has 2 heterocycles. The van der Waals surface area contributed by atoms with E-state index in [1.54, 1.807) is 6.92 Å². The third-order valence-electron chi connectivity index (χ3n) is 7.53. The van der Waals surface area contributed by atoms with E-state index in [1.807, 2.05) is 13.0 Å². The molecule has 0 spiro atoms. The molecule has 206 valence electrons. The Balaban J connectivity index is 1.93. The Morgan fingerprint density at radius 3 is 2.62 bits per heavy atom. The van der Waals surface area contributed by atoms with Crippen molar-refractivity contribution in [2.45, 2.75) is 73.8 Å². The first-order chi connectivity index (χ1) is 17.2. The van der Waals surface area contributed by atoms with Crippen LogP contribution in [0, 0.1) is 35.4 Å². The molecular formula is C29H40F3NO3S. The number of halogens is 3. The number of aliphatic carboxylic acids is 1. The highest BCUT2D eigenvalue weighted by Gasteiger charge is 2.47. The van der Waals surface area contributed by atoms with E-state index in [1.165, 1.54) is 23.9 Å². The van der Waals surface area contributed by atoms with E-state index >= 15 is 0 Å². The third kappa shape index (κ3) is 7.34. The second-order valence-electron chi connectivity index (χ2n) is 11.8. The van der Waals surface area contributed by atoms with Gasteiger partial charge in [0.2, 0.25) is 0 Å². The van der Waals surface area contributed by atoms with Crippen molar-refractivity contribution in [1.82, 2.24) is 4.90 Å². The third-order valence-corrected chi connectivity index (χ3v) is 8.66. The predicted molar refractivity (Wildman–Crippen MR) is 144 cm³/mol. The van der Waals surface area contributed by atoms with Crippen molar-refractivity contribution >= 4 is 22.6 Å². The highest BCUT2D eigenvalue weighted by atomic mass is 32.2. The van der Waals surface area contributed by atoms with Gasteiger partial charge in [-0.25, -0.2) is 4.39 Å². The topological polar surface area (TPSA) is 49.8 Å². The molecule has 1 saturated heterocycles. The molecule has 2 aliphatic heterocycles. The number of rotatable bonds is 8. The molecular weight excluding hydrogens is 499 g/mol. The number of alkyl halides is 2. The number of aryl methyl sites for hydroxylation is 1. The van der Waals surface area contributed by atoms with Crippen LogP contribution in [-0.2, 0) is 4.79 Å². The maximum absolute atomic E-state index is 14.4. The lowest BCUT2D eigenvalue weighted by Crippen LogP contribution is -2.53. The molecule has 1 fully saturated rings. The van der Waals surface area contributed by atoms with Gasteiger partial charge in [-0.1, -0.05) is 65.0 Å². The number of carboxylic acid groups (broad SMARTS) is 1. The number of hydrogen-bond acceptors (Lipinski definition) is 4. The van der Waals surface area contributed by atoms with Crippen molar-refractivity contribution in [3.05, 3.63) is 46.1 Å². The summed E-state index contributed by atoms with van der Waals surface area (Å²) in [5, 5.41) is 10.3. The van der Waals surface area contributed by atoms with Crippen LogP contribution < -0.4 is 4.74 Å². The van der Waals surface area contributed by atoms with Crippen LogP contribution in [0.4, 0.5) is 13.2 Å². The molecule has 8 heteroatoms. The van der Waals surface area contributed by atoms with Crippen LogP contribution in [0.3, 0.4) is 0 Å². The Kier molecular flexibility index (Phi) is 9.49. The van der Waals surface area contributed by atoms with E-state index in [0.29, 0.717) is 48.4 Å². The van der Waals surface area contributed by atoms with Gasteiger partial charge in [0.25, 0.3) is 0 Å². The summed E-state index contributed by atoms with van der Waals surface area (Å²) in [5.41, 5.74) is -0.213. The van der Waals surface area contributed by atoms with Crippen molar-refractivity contribution in [3.63, 3.8) is 0 Å². The van der Waals surface area contributed by atoms with E-state index in [2.05, 4.69) is 38.7 Å². The number of benzene rings is 1. The van der Waals surface area contributed by atoms with Gasteiger partial charge in [0.1, 0.15) is 11.6 Å². The molecule has 0 aromatic heterocycles. The number of likely N-dealkylation sites (tertiary alicyclic amines) is 1. The van der Waals surface area contributed by atoms with Crippen molar-refractivity contribution in [2.24, 2.45) is 22.7 Å². The lowest BCUT2D eigenvalue weighted by molar-refractivity contribution is -0.156. The summed E-state index contributed by atoms with van der Waals surface area (Å²) in [5.74, 6) is -0.855. The Morgan fingerprint density at radius 2 is 2.03 bits per heavy atom. The first-order valence-corrected chi connectivity index (χ1v) is 13.9. The quantitative estimate of drug-likeness (QED) is 0.363. The number of piperidine rings is 1. The molecule has 2 unspecified atom stereocenters. The second-order valence-corrected chi connectivity index (χ2v) is 12.9. The highest BCUT2D eigenvalue weighted by Crippen LogP contribution is 2.47. The van der Waals surface area contributed by atoms with Crippen LogP contribution in [0.5, 0.6) is 5.75 Å². The Labute approximate surface area is 223 Å². The zero-order valence-electron chi connectivity index (χ0n) is 22.7. The summed E-state index contributed by atoms with van der Waals surface area (Å²) in [6.45, 7) is 11.0. The normalized spacial score (nSPS) is 25.5. The fourth-order valence-corrected chi connectivity index (χ4v) is 6.82. The lowest BCUT2D eigenvalue weighted by atomic mass is 9.65. The van der Waals surface area contributed by atoms with E-state index in [0.717, 1.165) is 17.9 Å². The lowest BCUT2D eigenvalue weighted by Gasteiger charge is -2.48. The van der Waals surface area contributed by atoms with Crippen LogP contribution >= 0.6 is 11.8 Å². The number of hydrogen-bond donors (Lipinski definition) is 1. The average molecular weight is 540 g/mol. The maximum atomic E-state index is 14.4. The van der Waals surface area contributed by atoms with Crippen molar-refractivity contribution in [1.29, 1.82) is 0 Å². The van der Waals surface area contributed by atoms with Gasteiger partial charge in [0.05, 0.1) is 5.41 Å². The molecule has 0 radical (unpaired) electrons. The van der Waals surface area contributed by atoms with E-state index in [9.17, 15) is 23.1 Å². The minimum Gasteiger partial charge on any atom is -0.481 e. The van der Waals surface area contributed by atoms with Gasteiger partial charge in [-0.15, -0.1) is 0 Å². The van der Waals surface area contributed by atoms with Crippen molar-refractivity contribution in [2.75, 3.05) is 19.6 Å². The maximum Gasteiger partial charge on any atom is 0.387 e. The number of nitrogens with zero attached hydrogens (tertiary/aromatic N) is 1. The second kappa shape index (κ2) is 11.9. The molecule has 1 N–H and O–H groups in total. The van der Waals surface area contributed by atoms with Crippen molar-refractivity contribution < 1.29 is 27.8 Å². The molecule has 37 heavy (non-hydrogen) atoms. The fourth-order valence-electron chi connectivity index (χ4n) is 5.55. The zero-order valence-corrected chi connectivity index (χ0v) is 23.6. The van der Waals surface area contributed by atoms with Crippen LogP contribution in [0.1, 0.15) is 71.4 Å². The Morgan fingerprint density at radius 1 is 1.32 bits per heavy atom. The highest BCUT2D eigenvalue weighted by molar-refractivity contribution is 8.11. The molecule has 0 bridgehead atoms. The standard InChI is InChI=1S/C29H40F3NO3S/c1-7-10-29(26(34)35)14-20(28(4,5)6)15-33(17-29)16-22-11-18(2)8-9-24(37-22)23-13-21(30)12-19(3)25(23)36-27(31)32/h9,11-13,18,20,27H,7-8,10,14-17H2,1-6H3,(H,34,35)/t18?,20?,29-/m1/s1. The largest absolute Gasteiger partial charge is 0.481 e. The van der Waals surface area contributed by atoms with Gasteiger partial charge in [0, 0.05) is 35.0 Å². The molecule has 2 aliphatic rings. The van der Waals surface area contributed by atoms with Gasteiger partial charge in [0.15, 0.2) is 0 Å². The van der Waals surface area contributed by atoms with Gasteiger partial charge in [-0.2, -0.15) is 8.78 Å². The van der Waals surface area contributed by atoms with Gasteiger partial charge in [-0.3, -0.25) is 9.69 Å². The van der Waals surface area contributed by atoms with Crippen molar-refractivity contribution in [3.8, 4) is 5.75 Å². The zero-order chi connectivity index (χ0) is 27.5. The van der Waals surface area contributed by atoms with Gasteiger partial charge in [-0.05, 0) is 61.1 Å². The number of thioether (sulfide) groups is 1. The first-order valence-electron chi connectivity index (χ1n) is 13.0. The van der Waals surface area contributed by atoms with Gasteiger partial charge < -0.3 is 9.84 Å². The minimum atomic E-state index is -3.02. The molecule has 0 aliphatic carbocycles. The average Bonchev–Trinajstić information content (AvgIpc) is 2.95. The Bertz CT molecular complexity index is 1050. The van der Waals surface area contributed by atoms with Gasteiger partial charge >= 0.3 is 12.6 Å². The van der Waals surface area contributed by atoms with Crippen LogP contribution in [0.2, 0.25) is 0 Å². The smallest absolute Gasteiger partial charge is 0.387 e. The van der Waals surface area contributed by atoms with Crippen LogP contribution in [0.15, 0.2) is 29.2 Å². The summed E-state index contributed by atoms with van der Waals surface area (Å²) in [6, 6.07) is 2.45. The van der Waals surface area contributed by atoms with Crippen LogP contribution in [-0.4, -0.2) is 42.2 Å². The summed E-state index contributed by atoms with van der Waals surface area (Å²) in [7, 11) is 0. The van der Waals surface area contributed by atoms with E-state index in [-0.39, 0.29) is 23.0 Å². The predicted octanol–water partition coefficient (Wildman–Crippen LogP) is 7.97. The molecule has 1 aromatic carbocycles. The molecule has 3 rings (SSSR count). The fraction of sp³-hybridized carbons (Fsp3) is 0.621. The van der Waals surface area contributed by atoms with E-state index < -0.39 is 23.8 Å². The number of carboxylic acids is 1. The molecule has 4 nitrogen and oxygen atoms in total. The number of ether oxygens (including phenoxy) is 1. The van der Waals surface area contributed by atoms with E-state index in [4.69, 9.17) is 4.74 Å². The summed E-state index contributed by atoms with van der Waals surface area (Å²) >= 11 is 1.43. The first kappa shape index (κ1) is 29.6. The Hall–Kier alpha value is -1.93. The summed E-state index contributed by atoms with van der Waals surface area (Å²) in [4.78, 5) is 16.5. The molecule has 0 saturated carbocycles. The molecule has 1 aromatic rings. The molecule has 3 atom stereocenters. The SMILES string of the molecule is CCC[C@@]1(C(=O)O)CC(C(C)(C)C)CN(CC2=CC(C)CC=C(c3cc(F)cc(C)c3OC(F)F)S2)C1. The summed E-state index contributed by atoms with van der Waals surface area (Å²) < 4.78 is 45.6. The molecule has 0 amide bonds. The van der Waals surface area contributed by atoms with Crippen LogP contribution in [0.25, 0.3) is 4.91 Å². The number of carbonyl (C=O) groups is 1. The summed E-state index contributed by atoms with van der Waals surface area (Å²) in [6.07, 6.45) is 6.87.